The Bertz CT molecular complexity index is 443. The first-order valence-corrected chi connectivity index (χ1v) is 5.23. The first-order valence-electron chi connectivity index (χ1n) is 5.23. The van der Waals surface area contributed by atoms with Crippen LogP contribution in [-0.4, -0.2) is 35.5 Å². The van der Waals surface area contributed by atoms with Gasteiger partial charge in [-0.3, -0.25) is 9.59 Å². The van der Waals surface area contributed by atoms with Gasteiger partial charge in [0.15, 0.2) is 12.4 Å². The van der Waals surface area contributed by atoms with E-state index in [0.717, 1.165) is 0 Å². The zero-order valence-corrected chi connectivity index (χ0v) is 9.54. The summed E-state index contributed by atoms with van der Waals surface area (Å²) in [6.45, 7) is -0.526. The largest absolute Gasteiger partial charge is 0.481 e. The van der Waals surface area contributed by atoms with Gasteiger partial charge in [-0.15, -0.1) is 0 Å². The zero-order valence-electron chi connectivity index (χ0n) is 9.54. The molecule has 0 bridgehead atoms. The molecule has 6 heteroatoms. The lowest BCUT2D eigenvalue weighted by molar-refractivity contribution is -0.139. The lowest BCUT2D eigenvalue weighted by Gasteiger charge is -2.08. The predicted octanol–water partition coefficient (Wildman–Crippen LogP) is 0.215. The van der Waals surface area contributed by atoms with Crippen molar-refractivity contribution in [1.29, 1.82) is 0 Å². The van der Waals surface area contributed by atoms with Crippen molar-refractivity contribution in [3.05, 3.63) is 35.9 Å². The van der Waals surface area contributed by atoms with Crippen LogP contribution in [0.25, 0.3) is 0 Å². The number of Topliss-reactive ketones (excluding diaryl/α,β-unsaturated/α-hetero) is 1. The summed E-state index contributed by atoms with van der Waals surface area (Å²) >= 11 is 0. The van der Waals surface area contributed by atoms with Crippen LogP contribution in [0.2, 0.25) is 0 Å². The van der Waals surface area contributed by atoms with Crippen LogP contribution in [0, 0.1) is 0 Å². The van der Waals surface area contributed by atoms with Gasteiger partial charge in [-0.1, -0.05) is 18.2 Å². The number of hydrogen-bond acceptors (Lipinski definition) is 5. The average molecular weight is 251 g/mol. The molecule has 1 atom stereocenters. The number of rotatable bonds is 6. The van der Waals surface area contributed by atoms with E-state index in [0.29, 0.717) is 5.56 Å². The smallest absolute Gasteiger partial charge is 0.338 e. The van der Waals surface area contributed by atoms with E-state index in [9.17, 15) is 14.4 Å². The van der Waals surface area contributed by atoms with Crippen molar-refractivity contribution in [3.63, 3.8) is 0 Å². The molecule has 0 fully saturated rings. The second-order valence-electron chi connectivity index (χ2n) is 3.61. The number of ketones is 1. The van der Waals surface area contributed by atoms with Crippen molar-refractivity contribution in [2.24, 2.45) is 5.73 Å². The molecule has 0 spiro atoms. The molecule has 0 amide bonds. The molecule has 6 nitrogen and oxygen atoms in total. The second kappa shape index (κ2) is 6.51. The van der Waals surface area contributed by atoms with Gasteiger partial charge >= 0.3 is 11.9 Å². The highest BCUT2D eigenvalue weighted by Gasteiger charge is 2.18. The Morgan fingerprint density at radius 2 is 1.83 bits per heavy atom. The summed E-state index contributed by atoms with van der Waals surface area (Å²) in [5.41, 5.74) is 5.64. The maximum atomic E-state index is 11.5. The Hall–Kier alpha value is -2.21. The lowest BCUT2D eigenvalue weighted by atomic mass is 10.1. The molecule has 0 saturated carbocycles. The van der Waals surface area contributed by atoms with Gasteiger partial charge in [0.2, 0.25) is 0 Å². The number of ether oxygens (including phenoxy) is 1. The standard InChI is InChI=1S/C12H13NO5/c13-9(6-11(15)16)10(14)7-18-12(17)8-4-2-1-3-5-8/h1-5,9H,6-7,13H2,(H,15,16)/t9-/m1/s1. The van der Waals surface area contributed by atoms with Crippen LogP contribution < -0.4 is 5.73 Å². The van der Waals surface area contributed by atoms with E-state index in [2.05, 4.69) is 0 Å². The number of esters is 1. The van der Waals surface area contributed by atoms with Crippen molar-refractivity contribution in [2.45, 2.75) is 12.5 Å². The first kappa shape index (κ1) is 13.9. The zero-order chi connectivity index (χ0) is 13.5. The van der Waals surface area contributed by atoms with E-state index >= 15 is 0 Å². The van der Waals surface area contributed by atoms with E-state index in [1.165, 1.54) is 0 Å². The number of benzene rings is 1. The molecule has 0 aliphatic rings. The molecule has 3 N–H and O–H groups in total. The van der Waals surface area contributed by atoms with E-state index in [-0.39, 0.29) is 0 Å². The number of carboxylic acids is 1. The van der Waals surface area contributed by atoms with E-state index in [1.807, 2.05) is 0 Å². The summed E-state index contributed by atoms with van der Waals surface area (Å²) in [4.78, 5) is 33.1. The molecule has 1 rings (SSSR count). The van der Waals surface area contributed by atoms with E-state index < -0.39 is 36.8 Å². The van der Waals surface area contributed by atoms with Crippen molar-refractivity contribution in [3.8, 4) is 0 Å². The second-order valence-corrected chi connectivity index (χ2v) is 3.61. The molecule has 0 unspecified atom stereocenters. The molecule has 1 aromatic rings. The highest BCUT2D eigenvalue weighted by Crippen LogP contribution is 2.01. The third kappa shape index (κ3) is 4.34. The SMILES string of the molecule is N[C@H](CC(=O)O)C(=O)COC(=O)c1ccccc1. The van der Waals surface area contributed by atoms with Crippen molar-refractivity contribution in [2.75, 3.05) is 6.61 Å². The van der Waals surface area contributed by atoms with Gasteiger partial charge in [-0.05, 0) is 12.1 Å². The highest BCUT2D eigenvalue weighted by molar-refractivity contribution is 5.93. The van der Waals surface area contributed by atoms with E-state index in [1.54, 1.807) is 30.3 Å². The third-order valence-electron chi connectivity index (χ3n) is 2.16. The molecule has 0 saturated heterocycles. The quantitative estimate of drug-likeness (QED) is 0.700. The van der Waals surface area contributed by atoms with Crippen LogP contribution in [0.5, 0.6) is 0 Å². The number of carboxylic acid groups (broad SMARTS) is 1. The molecule has 1 aromatic carbocycles. The van der Waals surface area contributed by atoms with Crippen LogP contribution in [0.15, 0.2) is 30.3 Å². The fourth-order valence-corrected chi connectivity index (χ4v) is 1.20. The summed E-state index contributed by atoms with van der Waals surface area (Å²) in [7, 11) is 0. The fourth-order valence-electron chi connectivity index (χ4n) is 1.20. The number of aliphatic carboxylic acids is 1. The minimum Gasteiger partial charge on any atom is -0.481 e. The third-order valence-corrected chi connectivity index (χ3v) is 2.16. The van der Waals surface area contributed by atoms with Crippen LogP contribution in [0.3, 0.4) is 0 Å². The molecule has 0 heterocycles. The van der Waals surface area contributed by atoms with Crippen LogP contribution >= 0.6 is 0 Å². The molecule has 0 aliphatic heterocycles. The average Bonchev–Trinajstić information content (AvgIpc) is 2.35. The summed E-state index contributed by atoms with van der Waals surface area (Å²) in [5.74, 6) is -2.45. The van der Waals surface area contributed by atoms with Crippen LogP contribution in [-0.2, 0) is 14.3 Å². The molecular formula is C12H13NO5. The van der Waals surface area contributed by atoms with Crippen molar-refractivity contribution >= 4 is 17.7 Å². The summed E-state index contributed by atoms with van der Waals surface area (Å²) in [6.07, 6.45) is -0.484. The van der Waals surface area contributed by atoms with Crippen LogP contribution in [0.1, 0.15) is 16.8 Å². The molecule has 96 valence electrons. The number of carbonyl (C=O) groups excluding carboxylic acids is 2. The molecule has 0 aromatic heterocycles. The van der Waals surface area contributed by atoms with Gasteiger partial charge in [-0.25, -0.2) is 4.79 Å². The lowest BCUT2D eigenvalue weighted by Crippen LogP contribution is -2.36. The molecule has 18 heavy (non-hydrogen) atoms. The topological polar surface area (TPSA) is 107 Å². The summed E-state index contributed by atoms with van der Waals surface area (Å²) < 4.78 is 4.73. The Morgan fingerprint density at radius 3 is 2.39 bits per heavy atom. The number of hydrogen-bond donors (Lipinski definition) is 2. The number of carbonyl (C=O) groups is 3. The van der Waals surface area contributed by atoms with Crippen LogP contribution in [0.4, 0.5) is 0 Å². The maximum Gasteiger partial charge on any atom is 0.338 e. The maximum absolute atomic E-state index is 11.5. The Labute approximate surface area is 103 Å². The first-order chi connectivity index (χ1) is 8.50. The van der Waals surface area contributed by atoms with Gasteiger partial charge in [-0.2, -0.15) is 0 Å². The highest BCUT2D eigenvalue weighted by atomic mass is 16.5. The van der Waals surface area contributed by atoms with E-state index in [4.69, 9.17) is 15.6 Å². The molecular weight excluding hydrogens is 238 g/mol. The minimum atomic E-state index is -1.18. The van der Waals surface area contributed by atoms with Crippen molar-refractivity contribution < 1.29 is 24.2 Å². The molecule has 0 aliphatic carbocycles. The van der Waals surface area contributed by atoms with Gasteiger partial charge in [0.1, 0.15) is 0 Å². The Balaban J connectivity index is 2.44. The van der Waals surface area contributed by atoms with Gasteiger partial charge < -0.3 is 15.6 Å². The van der Waals surface area contributed by atoms with Gasteiger partial charge in [0.05, 0.1) is 18.0 Å². The van der Waals surface area contributed by atoms with Crippen molar-refractivity contribution in [1.82, 2.24) is 0 Å². The number of nitrogens with two attached hydrogens (primary N) is 1. The fraction of sp³-hybridized carbons (Fsp3) is 0.250. The Kier molecular flexibility index (Phi) is 5.01. The summed E-state index contributed by atoms with van der Waals surface area (Å²) in [6, 6.07) is 6.99. The normalized spacial score (nSPS) is 11.6. The van der Waals surface area contributed by atoms with Gasteiger partial charge in [0.25, 0.3) is 0 Å². The minimum absolute atomic E-state index is 0.317. The molecule has 0 radical (unpaired) electrons. The van der Waals surface area contributed by atoms with Gasteiger partial charge in [0, 0.05) is 0 Å². The predicted molar refractivity (Wildman–Crippen MR) is 62.0 cm³/mol. The Morgan fingerprint density at radius 1 is 1.22 bits per heavy atom. The monoisotopic (exact) mass is 251 g/mol. The summed E-state index contributed by atoms with van der Waals surface area (Å²) in [5, 5.41) is 8.45.